The van der Waals surface area contributed by atoms with Gasteiger partial charge in [0.2, 0.25) is 0 Å². The standard InChI is InChI=1S/C10H9F2NO2/c1-6(5-9(14)15)13-10-7(11)3-2-4-8(10)12/h2-5,13H,1H3,(H,14,15)/b6-5-. The highest BCUT2D eigenvalue weighted by molar-refractivity contribution is 5.81. The van der Waals surface area contributed by atoms with E-state index in [0.29, 0.717) is 0 Å². The predicted octanol–water partition coefficient (Wildman–Crippen LogP) is 2.37. The van der Waals surface area contributed by atoms with E-state index in [9.17, 15) is 13.6 Å². The normalized spacial score (nSPS) is 11.3. The Hall–Kier alpha value is -1.91. The van der Waals surface area contributed by atoms with Crippen molar-refractivity contribution in [2.75, 3.05) is 5.32 Å². The molecule has 0 aliphatic carbocycles. The van der Waals surface area contributed by atoms with E-state index in [1.54, 1.807) is 0 Å². The summed E-state index contributed by atoms with van der Waals surface area (Å²) in [6.45, 7) is 1.40. The molecule has 0 aliphatic rings. The van der Waals surface area contributed by atoms with Crippen molar-refractivity contribution in [1.82, 2.24) is 0 Å². The average molecular weight is 213 g/mol. The molecule has 3 nitrogen and oxygen atoms in total. The molecule has 0 spiro atoms. The Kier molecular flexibility index (Phi) is 3.38. The van der Waals surface area contributed by atoms with Crippen LogP contribution in [-0.4, -0.2) is 11.1 Å². The van der Waals surface area contributed by atoms with Gasteiger partial charge in [0, 0.05) is 11.8 Å². The third-order valence-electron chi connectivity index (χ3n) is 1.62. The predicted molar refractivity (Wildman–Crippen MR) is 51.4 cm³/mol. The van der Waals surface area contributed by atoms with Crippen LogP contribution < -0.4 is 5.32 Å². The van der Waals surface area contributed by atoms with Crippen LogP contribution in [-0.2, 0) is 4.79 Å². The Bertz CT molecular complexity index is 396. The van der Waals surface area contributed by atoms with Gasteiger partial charge >= 0.3 is 5.97 Å². The van der Waals surface area contributed by atoms with Crippen LogP contribution in [0.1, 0.15) is 6.92 Å². The molecule has 0 aromatic heterocycles. The van der Waals surface area contributed by atoms with E-state index in [0.717, 1.165) is 18.2 Å². The van der Waals surface area contributed by atoms with Gasteiger partial charge in [0.1, 0.15) is 17.3 Å². The van der Waals surface area contributed by atoms with E-state index in [2.05, 4.69) is 5.32 Å². The van der Waals surface area contributed by atoms with Crippen molar-refractivity contribution in [3.05, 3.63) is 41.6 Å². The number of hydrogen-bond acceptors (Lipinski definition) is 2. The maximum atomic E-state index is 13.1. The van der Waals surface area contributed by atoms with Crippen molar-refractivity contribution in [2.24, 2.45) is 0 Å². The second kappa shape index (κ2) is 4.54. The number of carboxylic acid groups (broad SMARTS) is 1. The van der Waals surface area contributed by atoms with Crippen LogP contribution in [0.4, 0.5) is 14.5 Å². The zero-order valence-corrected chi connectivity index (χ0v) is 7.92. The second-order valence-corrected chi connectivity index (χ2v) is 2.89. The highest BCUT2D eigenvalue weighted by Crippen LogP contribution is 2.19. The van der Waals surface area contributed by atoms with Crippen molar-refractivity contribution < 1.29 is 18.7 Å². The largest absolute Gasteiger partial charge is 0.478 e. The van der Waals surface area contributed by atoms with Crippen molar-refractivity contribution in [3.63, 3.8) is 0 Å². The molecule has 0 bridgehead atoms. The summed E-state index contributed by atoms with van der Waals surface area (Å²) in [7, 11) is 0. The first-order chi connectivity index (χ1) is 7.00. The summed E-state index contributed by atoms with van der Waals surface area (Å²) >= 11 is 0. The number of rotatable bonds is 3. The molecule has 0 radical (unpaired) electrons. The van der Waals surface area contributed by atoms with Gasteiger partial charge in [0.05, 0.1) is 0 Å². The summed E-state index contributed by atoms with van der Waals surface area (Å²) in [6, 6.07) is 3.39. The lowest BCUT2D eigenvalue weighted by atomic mass is 10.2. The van der Waals surface area contributed by atoms with Crippen molar-refractivity contribution in [2.45, 2.75) is 6.92 Å². The Morgan fingerprint density at radius 1 is 1.40 bits per heavy atom. The van der Waals surface area contributed by atoms with Crippen molar-refractivity contribution >= 4 is 11.7 Å². The van der Waals surface area contributed by atoms with Gasteiger partial charge in [-0.05, 0) is 19.1 Å². The molecule has 15 heavy (non-hydrogen) atoms. The molecule has 0 unspecified atom stereocenters. The Morgan fingerprint density at radius 2 is 1.93 bits per heavy atom. The fraction of sp³-hybridized carbons (Fsp3) is 0.100. The zero-order chi connectivity index (χ0) is 11.4. The second-order valence-electron chi connectivity index (χ2n) is 2.89. The highest BCUT2D eigenvalue weighted by atomic mass is 19.1. The lowest BCUT2D eigenvalue weighted by molar-refractivity contribution is -0.131. The highest BCUT2D eigenvalue weighted by Gasteiger charge is 2.08. The minimum Gasteiger partial charge on any atom is -0.478 e. The van der Waals surface area contributed by atoms with E-state index < -0.39 is 17.6 Å². The van der Waals surface area contributed by atoms with Gasteiger partial charge in [-0.2, -0.15) is 0 Å². The van der Waals surface area contributed by atoms with Gasteiger partial charge in [-0.25, -0.2) is 13.6 Å². The zero-order valence-electron chi connectivity index (χ0n) is 7.92. The van der Waals surface area contributed by atoms with Crippen LogP contribution in [0.5, 0.6) is 0 Å². The lowest BCUT2D eigenvalue weighted by Crippen LogP contribution is -2.03. The van der Waals surface area contributed by atoms with E-state index in [4.69, 9.17) is 5.11 Å². The number of benzene rings is 1. The van der Waals surface area contributed by atoms with Crippen LogP contribution in [0.15, 0.2) is 30.0 Å². The van der Waals surface area contributed by atoms with Crippen LogP contribution in [0.2, 0.25) is 0 Å². The third-order valence-corrected chi connectivity index (χ3v) is 1.62. The molecule has 80 valence electrons. The number of hydrogen-bond donors (Lipinski definition) is 2. The van der Waals surface area contributed by atoms with E-state index in [1.807, 2.05) is 0 Å². The first kappa shape index (κ1) is 11.2. The summed E-state index contributed by atoms with van der Waals surface area (Å²) in [6.07, 6.45) is 0.825. The summed E-state index contributed by atoms with van der Waals surface area (Å²) < 4.78 is 26.1. The average Bonchev–Trinajstić information content (AvgIpc) is 2.10. The maximum Gasteiger partial charge on any atom is 0.330 e. The molecule has 0 heterocycles. The van der Waals surface area contributed by atoms with Gasteiger partial charge in [0.15, 0.2) is 0 Å². The number of anilines is 1. The minimum atomic E-state index is -1.18. The molecule has 0 aliphatic heterocycles. The third kappa shape index (κ3) is 3.05. The Balaban J connectivity index is 2.94. The summed E-state index contributed by atoms with van der Waals surface area (Å²) in [4.78, 5) is 10.3. The number of para-hydroxylation sites is 1. The van der Waals surface area contributed by atoms with Gasteiger partial charge in [-0.3, -0.25) is 0 Å². The molecular weight excluding hydrogens is 204 g/mol. The molecule has 2 N–H and O–H groups in total. The summed E-state index contributed by atoms with van der Waals surface area (Å²) in [5.41, 5.74) is -0.209. The number of carbonyl (C=O) groups is 1. The summed E-state index contributed by atoms with van der Waals surface area (Å²) in [5.74, 6) is -2.72. The molecule has 1 rings (SSSR count). The molecule has 5 heteroatoms. The van der Waals surface area contributed by atoms with Gasteiger partial charge in [-0.15, -0.1) is 0 Å². The molecule has 0 saturated heterocycles. The molecule has 0 atom stereocenters. The molecular formula is C10H9F2NO2. The monoisotopic (exact) mass is 213 g/mol. The first-order valence-electron chi connectivity index (χ1n) is 4.13. The van der Waals surface area contributed by atoms with Crippen LogP contribution in [0.3, 0.4) is 0 Å². The van der Waals surface area contributed by atoms with Gasteiger partial charge in [-0.1, -0.05) is 6.07 Å². The molecule has 0 saturated carbocycles. The number of nitrogens with one attached hydrogen (secondary N) is 1. The van der Waals surface area contributed by atoms with Crippen molar-refractivity contribution in [3.8, 4) is 0 Å². The van der Waals surface area contributed by atoms with Gasteiger partial charge < -0.3 is 10.4 Å². The first-order valence-corrected chi connectivity index (χ1v) is 4.13. The topological polar surface area (TPSA) is 49.3 Å². The number of allylic oxidation sites excluding steroid dienone is 1. The van der Waals surface area contributed by atoms with Crippen LogP contribution in [0, 0.1) is 11.6 Å². The van der Waals surface area contributed by atoms with E-state index in [-0.39, 0.29) is 11.4 Å². The van der Waals surface area contributed by atoms with Crippen LogP contribution >= 0.6 is 0 Å². The number of halogens is 2. The minimum absolute atomic E-state index is 0.145. The SMILES string of the molecule is C/C(=C/C(=O)O)Nc1c(F)cccc1F. The van der Waals surface area contributed by atoms with Crippen molar-refractivity contribution in [1.29, 1.82) is 0 Å². The number of aliphatic carboxylic acids is 1. The fourth-order valence-corrected chi connectivity index (χ4v) is 1.04. The van der Waals surface area contributed by atoms with Gasteiger partial charge in [0.25, 0.3) is 0 Å². The quantitative estimate of drug-likeness (QED) is 0.758. The fourth-order valence-electron chi connectivity index (χ4n) is 1.04. The number of carboxylic acids is 1. The Morgan fingerprint density at radius 3 is 2.40 bits per heavy atom. The lowest BCUT2D eigenvalue weighted by Gasteiger charge is -2.07. The maximum absolute atomic E-state index is 13.1. The molecule has 1 aromatic carbocycles. The van der Waals surface area contributed by atoms with Crippen LogP contribution in [0.25, 0.3) is 0 Å². The molecule has 1 aromatic rings. The molecule has 0 fully saturated rings. The molecule has 0 amide bonds. The van der Waals surface area contributed by atoms with E-state index in [1.165, 1.54) is 13.0 Å². The van der Waals surface area contributed by atoms with E-state index >= 15 is 0 Å². The smallest absolute Gasteiger partial charge is 0.330 e. The summed E-state index contributed by atoms with van der Waals surface area (Å²) in [5, 5.41) is 10.7. The Labute approximate surface area is 85.0 Å².